The summed E-state index contributed by atoms with van der Waals surface area (Å²) in [6.45, 7) is 5.89. The van der Waals surface area contributed by atoms with Gasteiger partial charge in [0.1, 0.15) is 0 Å². The Labute approximate surface area is 96.0 Å². The largest absolute Gasteiger partial charge is 0.372 e. The lowest BCUT2D eigenvalue weighted by molar-refractivity contribution is 0.202. The molecule has 3 heterocycles. The molecule has 16 heavy (non-hydrogen) atoms. The minimum Gasteiger partial charge on any atom is -0.372 e. The van der Waals surface area contributed by atoms with Gasteiger partial charge in [-0.2, -0.15) is 0 Å². The minimum absolute atomic E-state index is 0.407. The van der Waals surface area contributed by atoms with Crippen LogP contribution >= 0.6 is 0 Å². The number of rotatable bonds is 8. The lowest BCUT2D eigenvalue weighted by atomic mass is 10.2. The number of likely N-dealkylation sites (N-methyl/N-ethyl adjacent to an activating group) is 1. The van der Waals surface area contributed by atoms with Gasteiger partial charge in [0, 0.05) is 26.2 Å². The van der Waals surface area contributed by atoms with E-state index < -0.39 is 0 Å². The van der Waals surface area contributed by atoms with Gasteiger partial charge in [-0.05, 0) is 7.05 Å². The van der Waals surface area contributed by atoms with Crippen molar-refractivity contribution in [2.45, 2.75) is 24.4 Å². The molecule has 3 aliphatic heterocycles. The predicted octanol–water partition coefficient (Wildman–Crippen LogP) is -0.927. The highest BCUT2D eigenvalue weighted by atomic mass is 16.6. The van der Waals surface area contributed by atoms with Gasteiger partial charge in [0.15, 0.2) is 0 Å². The fraction of sp³-hybridized carbons (Fsp3) is 1.00. The Bertz CT molecular complexity index is 229. The van der Waals surface area contributed by atoms with E-state index in [9.17, 15) is 0 Å². The summed E-state index contributed by atoms with van der Waals surface area (Å²) in [5.74, 6) is 0. The summed E-state index contributed by atoms with van der Waals surface area (Å²) in [5, 5.41) is 3.15. The van der Waals surface area contributed by atoms with E-state index >= 15 is 0 Å². The van der Waals surface area contributed by atoms with Gasteiger partial charge in [0.2, 0.25) is 0 Å². The monoisotopic (exact) mass is 228 g/mol. The average Bonchev–Trinajstić information content (AvgIpc) is 3.04. The molecule has 0 aromatic carbocycles. The van der Waals surface area contributed by atoms with E-state index in [1.807, 2.05) is 7.05 Å². The zero-order chi connectivity index (χ0) is 11.0. The smallest absolute Gasteiger partial charge is 0.0981 e. The van der Waals surface area contributed by atoms with Gasteiger partial charge < -0.3 is 19.5 Å². The third kappa shape index (κ3) is 3.15. The van der Waals surface area contributed by atoms with E-state index in [1.165, 1.54) is 0 Å². The first kappa shape index (κ1) is 10.9. The highest BCUT2D eigenvalue weighted by molar-refractivity contribution is 4.91. The average molecular weight is 228 g/mol. The fourth-order valence-electron chi connectivity index (χ4n) is 2.12. The van der Waals surface area contributed by atoms with Gasteiger partial charge in [-0.1, -0.05) is 0 Å². The topological polar surface area (TPSA) is 52.9 Å². The van der Waals surface area contributed by atoms with Gasteiger partial charge in [0.25, 0.3) is 0 Å². The van der Waals surface area contributed by atoms with Gasteiger partial charge in [-0.25, -0.2) is 0 Å². The third-order valence-electron chi connectivity index (χ3n) is 3.26. The molecule has 92 valence electrons. The Morgan fingerprint density at radius 2 is 1.69 bits per heavy atom. The first-order valence-corrected chi connectivity index (χ1v) is 6.11. The van der Waals surface area contributed by atoms with E-state index in [1.54, 1.807) is 0 Å². The number of nitrogens with zero attached hydrogens (tertiary/aromatic N) is 1. The van der Waals surface area contributed by atoms with E-state index in [4.69, 9.17) is 14.2 Å². The summed E-state index contributed by atoms with van der Waals surface area (Å²) in [7, 11) is 1.96. The maximum absolute atomic E-state index is 5.61. The molecule has 3 fully saturated rings. The SMILES string of the molecule is CNCC1OC1CN(CC1CO1)CC1CO1. The van der Waals surface area contributed by atoms with E-state index in [2.05, 4.69) is 10.2 Å². The summed E-state index contributed by atoms with van der Waals surface area (Å²) >= 11 is 0. The molecule has 3 rings (SSSR count). The second kappa shape index (κ2) is 4.58. The Morgan fingerprint density at radius 3 is 2.19 bits per heavy atom. The van der Waals surface area contributed by atoms with Gasteiger partial charge in [-0.3, -0.25) is 4.90 Å². The summed E-state index contributed by atoms with van der Waals surface area (Å²) in [5.41, 5.74) is 0. The van der Waals surface area contributed by atoms with Crippen molar-refractivity contribution < 1.29 is 14.2 Å². The van der Waals surface area contributed by atoms with Crippen molar-refractivity contribution in [1.82, 2.24) is 10.2 Å². The van der Waals surface area contributed by atoms with Gasteiger partial charge in [0.05, 0.1) is 37.6 Å². The fourth-order valence-corrected chi connectivity index (χ4v) is 2.12. The molecule has 0 amide bonds. The van der Waals surface area contributed by atoms with Gasteiger partial charge >= 0.3 is 0 Å². The molecule has 0 aliphatic carbocycles. The Balaban J connectivity index is 1.40. The molecule has 0 aromatic rings. The van der Waals surface area contributed by atoms with Crippen LogP contribution in [0, 0.1) is 0 Å². The number of nitrogens with one attached hydrogen (secondary N) is 1. The summed E-state index contributed by atoms with van der Waals surface area (Å²) in [6, 6.07) is 0. The van der Waals surface area contributed by atoms with Crippen molar-refractivity contribution in [3.05, 3.63) is 0 Å². The Kier molecular flexibility index (Phi) is 3.13. The molecular formula is C11H20N2O3. The number of ether oxygens (including phenoxy) is 3. The molecule has 0 saturated carbocycles. The second-order valence-corrected chi connectivity index (χ2v) is 4.90. The molecule has 0 spiro atoms. The lowest BCUT2D eigenvalue weighted by Crippen LogP contribution is -2.35. The molecule has 0 aromatic heterocycles. The standard InChI is InChI=1S/C11H20N2O3/c1-12-2-10-11(16-10)5-13(3-8-6-14-8)4-9-7-15-9/h8-12H,2-7H2,1H3. The Hall–Kier alpha value is -0.200. The first-order chi connectivity index (χ1) is 7.85. The van der Waals surface area contributed by atoms with Crippen LogP contribution in [0.3, 0.4) is 0 Å². The molecule has 5 nitrogen and oxygen atoms in total. The van der Waals surface area contributed by atoms with E-state index in [-0.39, 0.29) is 0 Å². The Morgan fingerprint density at radius 1 is 1.06 bits per heavy atom. The van der Waals surface area contributed by atoms with Crippen LogP contribution < -0.4 is 5.32 Å². The first-order valence-electron chi connectivity index (χ1n) is 6.11. The van der Waals surface area contributed by atoms with Crippen molar-refractivity contribution >= 4 is 0 Å². The van der Waals surface area contributed by atoms with Crippen molar-refractivity contribution in [1.29, 1.82) is 0 Å². The molecule has 4 unspecified atom stereocenters. The van der Waals surface area contributed by atoms with Gasteiger partial charge in [-0.15, -0.1) is 0 Å². The highest BCUT2D eigenvalue weighted by Gasteiger charge is 2.41. The predicted molar refractivity (Wildman–Crippen MR) is 58.5 cm³/mol. The van der Waals surface area contributed by atoms with Crippen LogP contribution in [0.15, 0.2) is 0 Å². The van der Waals surface area contributed by atoms with E-state index in [0.29, 0.717) is 24.4 Å². The molecule has 0 radical (unpaired) electrons. The van der Waals surface area contributed by atoms with E-state index in [0.717, 1.165) is 39.4 Å². The van der Waals surface area contributed by atoms with Crippen LogP contribution in [0.1, 0.15) is 0 Å². The van der Waals surface area contributed by atoms with Crippen LogP contribution in [0.4, 0.5) is 0 Å². The maximum atomic E-state index is 5.61. The van der Waals surface area contributed by atoms with Crippen molar-refractivity contribution in [3.8, 4) is 0 Å². The summed E-state index contributed by atoms with van der Waals surface area (Å²) < 4.78 is 16.2. The number of hydrogen-bond donors (Lipinski definition) is 1. The maximum Gasteiger partial charge on any atom is 0.0981 e. The molecule has 4 atom stereocenters. The zero-order valence-corrected chi connectivity index (χ0v) is 9.72. The third-order valence-corrected chi connectivity index (χ3v) is 3.26. The van der Waals surface area contributed by atoms with Crippen LogP contribution in [0.2, 0.25) is 0 Å². The summed E-state index contributed by atoms with van der Waals surface area (Å²) in [4.78, 5) is 2.43. The zero-order valence-electron chi connectivity index (χ0n) is 9.72. The minimum atomic E-state index is 0.407. The van der Waals surface area contributed by atoms with Crippen LogP contribution in [0.5, 0.6) is 0 Å². The van der Waals surface area contributed by atoms with Crippen molar-refractivity contribution in [2.75, 3.05) is 46.4 Å². The number of epoxide rings is 3. The molecule has 5 heteroatoms. The quantitative estimate of drug-likeness (QED) is 0.544. The van der Waals surface area contributed by atoms with Crippen LogP contribution in [0.25, 0.3) is 0 Å². The van der Waals surface area contributed by atoms with Crippen molar-refractivity contribution in [2.24, 2.45) is 0 Å². The highest BCUT2D eigenvalue weighted by Crippen LogP contribution is 2.24. The second-order valence-electron chi connectivity index (χ2n) is 4.90. The molecule has 3 aliphatic rings. The molecular weight excluding hydrogens is 208 g/mol. The summed E-state index contributed by atoms with van der Waals surface area (Å²) in [6.07, 6.45) is 1.73. The molecule has 0 bridgehead atoms. The normalized spacial score (nSPS) is 40.1. The lowest BCUT2D eigenvalue weighted by Gasteiger charge is -2.19. The van der Waals surface area contributed by atoms with Crippen molar-refractivity contribution in [3.63, 3.8) is 0 Å². The van der Waals surface area contributed by atoms with Crippen LogP contribution in [-0.4, -0.2) is 75.8 Å². The molecule has 3 saturated heterocycles. The van der Waals surface area contributed by atoms with Crippen LogP contribution in [-0.2, 0) is 14.2 Å². The molecule has 1 N–H and O–H groups in total. The number of hydrogen-bond acceptors (Lipinski definition) is 5.